The number of fused-ring (bicyclic) bond motifs is 1. The third-order valence-corrected chi connectivity index (χ3v) is 2.97. The lowest BCUT2D eigenvalue weighted by Gasteiger charge is -2.03. The van der Waals surface area contributed by atoms with Crippen LogP contribution in [-0.2, 0) is 6.42 Å². The number of methoxy groups -OCH3 is 1. The van der Waals surface area contributed by atoms with E-state index in [-0.39, 0.29) is 0 Å². The highest BCUT2D eigenvalue weighted by Crippen LogP contribution is 2.24. The van der Waals surface area contributed by atoms with Crippen LogP contribution in [0, 0.1) is 5.92 Å². The number of benzene rings is 1. The highest BCUT2D eigenvalue weighted by molar-refractivity contribution is 5.84. The first-order chi connectivity index (χ1) is 7.70. The van der Waals surface area contributed by atoms with E-state index in [2.05, 4.69) is 31.1 Å². The number of aryl methyl sites for hydroxylation is 1. The van der Waals surface area contributed by atoms with Crippen molar-refractivity contribution in [1.29, 1.82) is 0 Å². The van der Waals surface area contributed by atoms with Crippen LogP contribution in [0.5, 0.6) is 5.75 Å². The molecule has 0 saturated heterocycles. The Balaban J connectivity index is 2.27. The van der Waals surface area contributed by atoms with Crippen LogP contribution in [0.3, 0.4) is 0 Å². The van der Waals surface area contributed by atoms with E-state index in [4.69, 9.17) is 4.74 Å². The molecular formula is C14H19NO. The molecule has 1 aromatic heterocycles. The lowest BCUT2D eigenvalue weighted by Crippen LogP contribution is -1.90. The molecule has 0 aliphatic heterocycles. The van der Waals surface area contributed by atoms with Gasteiger partial charge in [-0.15, -0.1) is 0 Å². The molecule has 2 nitrogen and oxygen atoms in total. The van der Waals surface area contributed by atoms with E-state index in [1.807, 2.05) is 12.1 Å². The molecule has 0 aliphatic carbocycles. The van der Waals surface area contributed by atoms with Gasteiger partial charge >= 0.3 is 0 Å². The van der Waals surface area contributed by atoms with Gasteiger partial charge in [0.05, 0.1) is 7.11 Å². The van der Waals surface area contributed by atoms with Gasteiger partial charge in [-0.25, -0.2) is 0 Å². The first-order valence-electron chi connectivity index (χ1n) is 5.84. The van der Waals surface area contributed by atoms with Gasteiger partial charge in [-0.1, -0.05) is 13.8 Å². The zero-order valence-electron chi connectivity index (χ0n) is 10.2. The van der Waals surface area contributed by atoms with E-state index in [0.29, 0.717) is 0 Å². The van der Waals surface area contributed by atoms with Crippen molar-refractivity contribution in [2.45, 2.75) is 26.7 Å². The minimum absolute atomic E-state index is 0.753. The van der Waals surface area contributed by atoms with Crippen molar-refractivity contribution in [2.24, 2.45) is 5.92 Å². The molecule has 2 heteroatoms. The summed E-state index contributed by atoms with van der Waals surface area (Å²) in [6.45, 7) is 4.52. The average Bonchev–Trinajstić information content (AvgIpc) is 2.68. The summed E-state index contributed by atoms with van der Waals surface area (Å²) in [6, 6.07) is 6.21. The maximum absolute atomic E-state index is 5.21. The first kappa shape index (κ1) is 11.1. The third kappa shape index (κ3) is 2.21. The van der Waals surface area contributed by atoms with Crippen molar-refractivity contribution >= 4 is 10.9 Å². The molecule has 86 valence electrons. The molecule has 1 N–H and O–H groups in total. The first-order valence-corrected chi connectivity index (χ1v) is 5.84. The summed E-state index contributed by atoms with van der Waals surface area (Å²) >= 11 is 0. The number of nitrogens with one attached hydrogen (secondary N) is 1. The quantitative estimate of drug-likeness (QED) is 0.828. The lowest BCUT2D eigenvalue weighted by atomic mass is 10.0. The molecule has 0 atom stereocenters. The van der Waals surface area contributed by atoms with Gasteiger partial charge in [0.1, 0.15) is 5.75 Å². The van der Waals surface area contributed by atoms with E-state index >= 15 is 0 Å². The van der Waals surface area contributed by atoms with Crippen molar-refractivity contribution in [3.8, 4) is 5.75 Å². The number of aromatic amines is 1. The van der Waals surface area contributed by atoms with Crippen molar-refractivity contribution in [1.82, 2.24) is 4.98 Å². The molecule has 2 aromatic rings. The lowest BCUT2D eigenvalue weighted by molar-refractivity contribution is 0.415. The summed E-state index contributed by atoms with van der Waals surface area (Å²) in [5.41, 5.74) is 2.57. The SMILES string of the molecule is COc1ccc2c(CCC(C)C)c[nH]c2c1. The maximum Gasteiger partial charge on any atom is 0.120 e. The predicted molar refractivity (Wildman–Crippen MR) is 68.0 cm³/mol. The summed E-state index contributed by atoms with van der Waals surface area (Å²) in [4.78, 5) is 3.31. The largest absolute Gasteiger partial charge is 0.497 e. The molecule has 0 aliphatic rings. The fourth-order valence-electron chi connectivity index (χ4n) is 1.94. The van der Waals surface area contributed by atoms with Gasteiger partial charge in [0.2, 0.25) is 0 Å². The topological polar surface area (TPSA) is 25.0 Å². The van der Waals surface area contributed by atoms with Crippen molar-refractivity contribution in [3.63, 3.8) is 0 Å². The minimum atomic E-state index is 0.753. The Kier molecular flexibility index (Phi) is 3.18. The molecule has 0 bridgehead atoms. The minimum Gasteiger partial charge on any atom is -0.497 e. The third-order valence-electron chi connectivity index (χ3n) is 2.97. The van der Waals surface area contributed by atoms with E-state index in [1.54, 1.807) is 7.11 Å². The van der Waals surface area contributed by atoms with Gasteiger partial charge in [0.15, 0.2) is 0 Å². The fourth-order valence-corrected chi connectivity index (χ4v) is 1.94. The average molecular weight is 217 g/mol. The van der Waals surface area contributed by atoms with Gasteiger partial charge in [-0.05, 0) is 36.5 Å². The molecule has 0 fully saturated rings. The van der Waals surface area contributed by atoms with Crippen LogP contribution in [0.2, 0.25) is 0 Å². The van der Waals surface area contributed by atoms with E-state index in [0.717, 1.165) is 23.6 Å². The highest BCUT2D eigenvalue weighted by Gasteiger charge is 2.05. The van der Waals surface area contributed by atoms with Gasteiger partial charge in [-0.3, -0.25) is 0 Å². The molecule has 2 rings (SSSR count). The van der Waals surface area contributed by atoms with Gasteiger partial charge in [0, 0.05) is 23.2 Å². The zero-order chi connectivity index (χ0) is 11.5. The van der Waals surface area contributed by atoms with Crippen LogP contribution in [-0.4, -0.2) is 12.1 Å². The predicted octanol–water partition coefficient (Wildman–Crippen LogP) is 3.77. The Bertz CT molecular complexity index is 471. The normalized spacial score (nSPS) is 11.2. The highest BCUT2D eigenvalue weighted by atomic mass is 16.5. The second kappa shape index (κ2) is 4.60. The molecule has 1 heterocycles. The van der Waals surface area contributed by atoms with Crippen molar-refractivity contribution in [2.75, 3.05) is 7.11 Å². The van der Waals surface area contributed by atoms with Crippen LogP contribution in [0.1, 0.15) is 25.8 Å². The fraction of sp³-hybridized carbons (Fsp3) is 0.429. The summed E-state index contributed by atoms with van der Waals surface area (Å²) in [7, 11) is 1.70. The standard InChI is InChI=1S/C14H19NO/c1-10(2)4-5-11-9-15-14-8-12(16-3)6-7-13(11)14/h6-10,15H,4-5H2,1-3H3. The molecule has 16 heavy (non-hydrogen) atoms. The maximum atomic E-state index is 5.21. The van der Waals surface area contributed by atoms with Crippen LogP contribution in [0.15, 0.2) is 24.4 Å². The second-order valence-electron chi connectivity index (χ2n) is 4.66. The summed E-state index contributed by atoms with van der Waals surface area (Å²) in [5.74, 6) is 1.66. The summed E-state index contributed by atoms with van der Waals surface area (Å²) in [5, 5.41) is 1.32. The number of hydrogen-bond acceptors (Lipinski definition) is 1. The smallest absolute Gasteiger partial charge is 0.120 e. The van der Waals surface area contributed by atoms with Gasteiger partial charge in [-0.2, -0.15) is 0 Å². The molecule has 1 aromatic carbocycles. The van der Waals surface area contributed by atoms with Crippen LogP contribution < -0.4 is 4.74 Å². The van der Waals surface area contributed by atoms with Crippen LogP contribution in [0.25, 0.3) is 10.9 Å². The molecule has 0 radical (unpaired) electrons. The van der Waals surface area contributed by atoms with E-state index < -0.39 is 0 Å². The zero-order valence-corrected chi connectivity index (χ0v) is 10.2. The van der Waals surface area contributed by atoms with Crippen molar-refractivity contribution < 1.29 is 4.74 Å². The molecule has 0 unspecified atom stereocenters. The van der Waals surface area contributed by atoms with Crippen molar-refractivity contribution in [3.05, 3.63) is 30.0 Å². The number of rotatable bonds is 4. The Labute approximate surface area is 96.6 Å². The Morgan fingerprint density at radius 3 is 2.81 bits per heavy atom. The summed E-state index contributed by atoms with van der Waals surface area (Å²) < 4.78 is 5.21. The molecule has 0 amide bonds. The summed E-state index contributed by atoms with van der Waals surface area (Å²) in [6.07, 6.45) is 4.50. The molecule has 0 saturated carbocycles. The van der Waals surface area contributed by atoms with Gasteiger partial charge < -0.3 is 9.72 Å². The number of aromatic nitrogens is 1. The second-order valence-corrected chi connectivity index (χ2v) is 4.66. The van der Waals surface area contributed by atoms with E-state index in [1.165, 1.54) is 17.4 Å². The molecule has 0 spiro atoms. The monoisotopic (exact) mass is 217 g/mol. The number of ether oxygens (including phenoxy) is 1. The number of H-pyrrole nitrogens is 1. The van der Waals surface area contributed by atoms with Crippen LogP contribution >= 0.6 is 0 Å². The van der Waals surface area contributed by atoms with E-state index in [9.17, 15) is 0 Å². The van der Waals surface area contributed by atoms with Gasteiger partial charge in [0.25, 0.3) is 0 Å². The number of hydrogen-bond donors (Lipinski definition) is 1. The Hall–Kier alpha value is -1.44. The Morgan fingerprint density at radius 2 is 2.12 bits per heavy atom. The van der Waals surface area contributed by atoms with Crippen LogP contribution in [0.4, 0.5) is 0 Å². The molecular weight excluding hydrogens is 198 g/mol. The Morgan fingerprint density at radius 1 is 1.31 bits per heavy atom.